The van der Waals surface area contributed by atoms with Gasteiger partial charge in [-0.1, -0.05) is 25.8 Å². The SMILES string of the molecule is C=CCCCCCC(NN)C1OCCC1C. The van der Waals surface area contributed by atoms with Gasteiger partial charge in [0, 0.05) is 12.6 Å². The lowest BCUT2D eigenvalue weighted by Crippen LogP contribution is -2.45. The molecule has 3 heteroatoms. The molecule has 16 heavy (non-hydrogen) atoms. The van der Waals surface area contributed by atoms with Crippen molar-refractivity contribution < 1.29 is 4.74 Å². The highest BCUT2D eigenvalue weighted by Gasteiger charge is 2.30. The number of allylic oxidation sites excluding steroid dienone is 1. The number of hydrazine groups is 1. The van der Waals surface area contributed by atoms with Gasteiger partial charge in [0.2, 0.25) is 0 Å². The zero-order chi connectivity index (χ0) is 11.8. The number of rotatable bonds is 8. The van der Waals surface area contributed by atoms with E-state index in [2.05, 4.69) is 18.9 Å². The molecule has 3 N–H and O–H groups in total. The molecule has 94 valence electrons. The molecule has 3 nitrogen and oxygen atoms in total. The van der Waals surface area contributed by atoms with Crippen LogP contribution in [0.2, 0.25) is 0 Å². The largest absolute Gasteiger partial charge is 0.376 e. The fraction of sp³-hybridized carbons (Fsp3) is 0.846. The Labute approximate surface area is 99.4 Å². The van der Waals surface area contributed by atoms with Crippen LogP contribution in [0.15, 0.2) is 12.7 Å². The number of nitrogens with one attached hydrogen (secondary N) is 1. The molecule has 1 aliphatic rings. The van der Waals surface area contributed by atoms with Crippen molar-refractivity contribution in [1.82, 2.24) is 5.43 Å². The molecule has 1 fully saturated rings. The van der Waals surface area contributed by atoms with Crippen molar-refractivity contribution in [3.8, 4) is 0 Å². The van der Waals surface area contributed by atoms with Gasteiger partial charge in [-0.2, -0.15) is 0 Å². The van der Waals surface area contributed by atoms with Gasteiger partial charge in [-0.15, -0.1) is 6.58 Å². The summed E-state index contributed by atoms with van der Waals surface area (Å²) in [6, 6.07) is 0.321. The third-order valence-corrected chi connectivity index (χ3v) is 3.48. The summed E-state index contributed by atoms with van der Waals surface area (Å²) in [5, 5.41) is 0. The zero-order valence-electron chi connectivity index (χ0n) is 10.5. The Kier molecular flexibility index (Phi) is 6.69. The molecule has 0 amide bonds. The average Bonchev–Trinajstić information content (AvgIpc) is 2.70. The lowest BCUT2D eigenvalue weighted by Gasteiger charge is -2.25. The minimum atomic E-state index is 0.310. The summed E-state index contributed by atoms with van der Waals surface area (Å²) in [6.45, 7) is 6.87. The summed E-state index contributed by atoms with van der Waals surface area (Å²) >= 11 is 0. The first-order chi connectivity index (χ1) is 7.79. The first-order valence-electron chi connectivity index (χ1n) is 6.48. The van der Waals surface area contributed by atoms with Crippen molar-refractivity contribution in [3.63, 3.8) is 0 Å². The molecule has 1 aliphatic heterocycles. The smallest absolute Gasteiger partial charge is 0.0767 e. The van der Waals surface area contributed by atoms with Crippen molar-refractivity contribution in [1.29, 1.82) is 0 Å². The van der Waals surface area contributed by atoms with E-state index in [1.165, 1.54) is 25.7 Å². The normalized spacial score (nSPS) is 26.9. The van der Waals surface area contributed by atoms with E-state index in [1.807, 2.05) is 6.08 Å². The van der Waals surface area contributed by atoms with Crippen LogP contribution in [0.5, 0.6) is 0 Å². The highest BCUT2D eigenvalue weighted by atomic mass is 16.5. The van der Waals surface area contributed by atoms with Gasteiger partial charge in [0.15, 0.2) is 0 Å². The van der Waals surface area contributed by atoms with E-state index >= 15 is 0 Å². The molecule has 0 aliphatic carbocycles. The predicted molar refractivity (Wildman–Crippen MR) is 67.9 cm³/mol. The Balaban J connectivity index is 2.18. The highest BCUT2D eigenvalue weighted by molar-refractivity contribution is 4.83. The number of unbranched alkanes of at least 4 members (excludes halogenated alkanes) is 3. The Morgan fingerprint density at radius 1 is 1.50 bits per heavy atom. The Bertz CT molecular complexity index is 196. The van der Waals surface area contributed by atoms with Crippen LogP contribution in [-0.2, 0) is 4.74 Å². The maximum absolute atomic E-state index is 5.74. The van der Waals surface area contributed by atoms with Crippen LogP contribution in [-0.4, -0.2) is 18.8 Å². The summed E-state index contributed by atoms with van der Waals surface area (Å²) in [5.74, 6) is 6.24. The lowest BCUT2D eigenvalue weighted by molar-refractivity contribution is 0.0574. The number of hydrogen-bond donors (Lipinski definition) is 2. The second-order valence-corrected chi connectivity index (χ2v) is 4.80. The summed E-state index contributed by atoms with van der Waals surface area (Å²) < 4.78 is 5.74. The molecule has 3 atom stereocenters. The molecule has 0 radical (unpaired) electrons. The van der Waals surface area contributed by atoms with Crippen molar-refractivity contribution in [2.45, 2.75) is 57.6 Å². The minimum Gasteiger partial charge on any atom is -0.376 e. The van der Waals surface area contributed by atoms with Crippen LogP contribution in [0.3, 0.4) is 0 Å². The molecule has 1 heterocycles. The van der Waals surface area contributed by atoms with Crippen molar-refractivity contribution in [2.75, 3.05) is 6.61 Å². The van der Waals surface area contributed by atoms with Crippen LogP contribution in [0.4, 0.5) is 0 Å². The van der Waals surface area contributed by atoms with Crippen molar-refractivity contribution in [2.24, 2.45) is 11.8 Å². The van der Waals surface area contributed by atoms with Gasteiger partial charge in [-0.3, -0.25) is 11.3 Å². The van der Waals surface area contributed by atoms with Gasteiger partial charge in [-0.25, -0.2) is 0 Å². The van der Waals surface area contributed by atoms with Gasteiger partial charge in [0.1, 0.15) is 0 Å². The van der Waals surface area contributed by atoms with E-state index in [0.717, 1.165) is 19.4 Å². The molecule has 0 spiro atoms. The Hall–Kier alpha value is -0.380. The van der Waals surface area contributed by atoms with Gasteiger partial charge in [-0.05, 0) is 31.6 Å². The second kappa shape index (κ2) is 7.82. The number of ether oxygens (including phenoxy) is 1. The fourth-order valence-electron chi connectivity index (χ4n) is 2.40. The third-order valence-electron chi connectivity index (χ3n) is 3.48. The summed E-state index contributed by atoms with van der Waals surface area (Å²) in [4.78, 5) is 0. The van der Waals surface area contributed by atoms with Gasteiger partial charge < -0.3 is 4.74 Å². The van der Waals surface area contributed by atoms with E-state index in [0.29, 0.717) is 18.1 Å². The maximum atomic E-state index is 5.74. The fourth-order valence-corrected chi connectivity index (χ4v) is 2.40. The van der Waals surface area contributed by atoms with Gasteiger partial charge >= 0.3 is 0 Å². The quantitative estimate of drug-likeness (QED) is 0.289. The molecule has 0 saturated carbocycles. The number of nitrogens with two attached hydrogens (primary N) is 1. The van der Waals surface area contributed by atoms with Crippen molar-refractivity contribution in [3.05, 3.63) is 12.7 Å². The van der Waals surface area contributed by atoms with Crippen LogP contribution in [0, 0.1) is 5.92 Å². The Morgan fingerprint density at radius 2 is 2.31 bits per heavy atom. The van der Waals surface area contributed by atoms with E-state index in [4.69, 9.17) is 10.6 Å². The summed E-state index contributed by atoms with van der Waals surface area (Å²) in [7, 11) is 0. The van der Waals surface area contributed by atoms with Crippen LogP contribution in [0.1, 0.15) is 45.4 Å². The highest BCUT2D eigenvalue weighted by Crippen LogP contribution is 2.25. The minimum absolute atomic E-state index is 0.310. The third kappa shape index (κ3) is 4.24. The van der Waals surface area contributed by atoms with Crippen LogP contribution >= 0.6 is 0 Å². The Morgan fingerprint density at radius 3 is 2.88 bits per heavy atom. The van der Waals surface area contributed by atoms with Gasteiger partial charge in [0.25, 0.3) is 0 Å². The maximum Gasteiger partial charge on any atom is 0.0767 e. The molecule has 1 saturated heterocycles. The van der Waals surface area contributed by atoms with E-state index < -0.39 is 0 Å². The molecule has 0 aromatic heterocycles. The lowest BCUT2D eigenvalue weighted by atomic mass is 9.94. The van der Waals surface area contributed by atoms with E-state index in [1.54, 1.807) is 0 Å². The second-order valence-electron chi connectivity index (χ2n) is 4.80. The van der Waals surface area contributed by atoms with E-state index in [-0.39, 0.29) is 0 Å². The van der Waals surface area contributed by atoms with Gasteiger partial charge in [0.05, 0.1) is 6.10 Å². The molecule has 1 rings (SSSR count). The zero-order valence-corrected chi connectivity index (χ0v) is 10.5. The molecule has 0 aromatic carbocycles. The summed E-state index contributed by atoms with van der Waals surface area (Å²) in [5.41, 5.74) is 2.92. The molecular formula is C13H26N2O. The first kappa shape index (κ1) is 13.7. The molecule has 0 aromatic rings. The molecule has 3 unspecified atom stereocenters. The monoisotopic (exact) mass is 226 g/mol. The topological polar surface area (TPSA) is 47.3 Å². The first-order valence-corrected chi connectivity index (χ1v) is 6.48. The van der Waals surface area contributed by atoms with Crippen LogP contribution in [0.25, 0.3) is 0 Å². The van der Waals surface area contributed by atoms with E-state index in [9.17, 15) is 0 Å². The summed E-state index contributed by atoms with van der Waals surface area (Å²) in [6.07, 6.45) is 9.41. The number of hydrogen-bond acceptors (Lipinski definition) is 3. The molecular weight excluding hydrogens is 200 g/mol. The van der Waals surface area contributed by atoms with Crippen molar-refractivity contribution >= 4 is 0 Å². The predicted octanol–water partition coefficient (Wildman–Crippen LogP) is 2.38. The molecule has 0 bridgehead atoms. The average molecular weight is 226 g/mol. The van der Waals surface area contributed by atoms with Crippen LogP contribution < -0.4 is 11.3 Å². The standard InChI is InChI=1S/C13H26N2O/c1-3-4-5-6-7-8-12(15-14)13-11(2)9-10-16-13/h3,11-13,15H,1,4-10,14H2,2H3.